The van der Waals surface area contributed by atoms with Gasteiger partial charge in [-0.1, -0.05) is 23.7 Å². The summed E-state index contributed by atoms with van der Waals surface area (Å²) in [5, 5.41) is 0.689. The molecule has 0 bridgehead atoms. The van der Waals surface area contributed by atoms with Crippen molar-refractivity contribution in [1.29, 1.82) is 0 Å². The van der Waals surface area contributed by atoms with E-state index in [1.165, 1.54) is 0 Å². The van der Waals surface area contributed by atoms with Crippen LogP contribution in [-0.2, 0) is 9.47 Å². The fraction of sp³-hybridized carbons (Fsp3) is 0.444. The summed E-state index contributed by atoms with van der Waals surface area (Å²) >= 11 is 6.08. The molecule has 5 nitrogen and oxygen atoms in total. The summed E-state index contributed by atoms with van der Waals surface area (Å²) < 4.78 is 11.5. The maximum atomic E-state index is 6.08. The normalized spacial score (nSPS) is 24.3. The lowest BCUT2D eigenvalue weighted by molar-refractivity contribution is -0.00146. The summed E-state index contributed by atoms with van der Waals surface area (Å²) in [6.45, 7) is 4.06. The van der Waals surface area contributed by atoms with Crippen LogP contribution in [-0.4, -0.2) is 49.0 Å². The van der Waals surface area contributed by atoms with Gasteiger partial charge < -0.3 is 14.4 Å². The molecular formula is C18H20ClN3O2. The van der Waals surface area contributed by atoms with Gasteiger partial charge >= 0.3 is 0 Å². The standard InChI is InChI=1S/C18H20ClN3O2/c19-15-3-1-2-13(10-15)18-20-6-4-17(21-18)22-7-9-24-16(11-22)14-5-8-23-12-14/h1-4,6,10,14,16H,5,7-9,11-12H2. The Kier molecular flexibility index (Phi) is 4.65. The average molecular weight is 346 g/mol. The zero-order valence-corrected chi connectivity index (χ0v) is 14.2. The van der Waals surface area contributed by atoms with Crippen molar-refractivity contribution in [2.24, 2.45) is 5.92 Å². The number of hydrogen-bond donors (Lipinski definition) is 0. The highest BCUT2D eigenvalue weighted by molar-refractivity contribution is 6.30. The highest BCUT2D eigenvalue weighted by Crippen LogP contribution is 2.26. The minimum Gasteiger partial charge on any atom is -0.381 e. The zero-order valence-electron chi connectivity index (χ0n) is 13.4. The van der Waals surface area contributed by atoms with Crippen LogP contribution in [0.25, 0.3) is 11.4 Å². The van der Waals surface area contributed by atoms with Crippen LogP contribution in [0.2, 0.25) is 5.02 Å². The quantitative estimate of drug-likeness (QED) is 0.855. The molecule has 0 amide bonds. The van der Waals surface area contributed by atoms with Crippen molar-refractivity contribution in [3.05, 3.63) is 41.6 Å². The number of halogens is 1. The van der Waals surface area contributed by atoms with Gasteiger partial charge in [0.15, 0.2) is 5.82 Å². The van der Waals surface area contributed by atoms with E-state index >= 15 is 0 Å². The maximum absolute atomic E-state index is 6.08. The molecule has 2 saturated heterocycles. The first-order valence-corrected chi connectivity index (χ1v) is 8.71. The second-order valence-corrected chi connectivity index (χ2v) is 6.66. The number of aromatic nitrogens is 2. The van der Waals surface area contributed by atoms with Crippen LogP contribution in [0.5, 0.6) is 0 Å². The van der Waals surface area contributed by atoms with Gasteiger partial charge in [-0.15, -0.1) is 0 Å². The van der Waals surface area contributed by atoms with Gasteiger partial charge in [0, 0.05) is 42.4 Å². The number of hydrogen-bond acceptors (Lipinski definition) is 5. The molecule has 4 rings (SSSR count). The van der Waals surface area contributed by atoms with Crippen LogP contribution in [0.15, 0.2) is 36.5 Å². The number of ether oxygens (including phenoxy) is 2. The van der Waals surface area contributed by atoms with Crippen molar-refractivity contribution >= 4 is 17.4 Å². The van der Waals surface area contributed by atoms with Crippen molar-refractivity contribution < 1.29 is 9.47 Å². The molecule has 0 aliphatic carbocycles. The summed E-state index contributed by atoms with van der Waals surface area (Å²) in [4.78, 5) is 11.4. The van der Waals surface area contributed by atoms with Gasteiger partial charge in [-0.2, -0.15) is 0 Å². The van der Waals surface area contributed by atoms with Crippen molar-refractivity contribution in [1.82, 2.24) is 9.97 Å². The van der Waals surface area contributed by atoms with Crippen LogP contribution in [0, 0.1) is 5.92 Å². The minimum atomic E-state index is 0.214. The molecule has 24 heavy (non-hydrogen) atoms. The van der Waals surface area contributed by atoms with Crippen LogP contribution in [0.3, 0.4) is 0 Å². The summed E-state index contributed by atoms with van der Waals surface area (Å²) in [5.41, 5.74) is 0.929. The predicted molar refractivity (Wildman–Crippen MR) is 93.4 cm³/mol. The van der Waals surface area contributed by atoms with Gasteiger partial charge in [0.2, 0.25) is 0 Å². The lowest BCUT2D eigenvalue weighted by Crippen LogP contribution is -2.46. The van der Waals surface area contributed by atoms with Crippen molar-refractivity contribution in [2.45, 2.75) is 12.5 Å². The van der Waals surface area contributed by atoms with E-state index in [4.69, 9.17) is 26.1 Å². The average Bonchev–Trinajstić information content (AvgIpc) is 3.17. The first-order valence-electron chi connectivity index (χ1n) is 8.33. The predicted octanol–water partition coefficient (Wildman–Crippen LogP) is 3.04. The highest BCUT2D eigenvalue weighted by atomic mass is 35.5. The Morgan fingerprint density at radius 3 is 3.00 bits per heavy atom. The van der Waals surface area contributed by atoms with Crippen molar-refractivity contribution in [2.75, 3.05) is 37.8 Å². The molecule has 2 aromatic rings. The highest BCUT2D eigenvalue weighted by Gasteiger charge is 2.31. The molecule has 0 saturated carbocycles. The first kappa shape index (κ1) is 15.8. The van der Waals surface area contributed by atoms with Gasteiger partial charge in [-0.25, -0.2) is 9.97 Å². The monoisotopic (exact) mass is 345 g/mol. The van der Waals surface area contributed by atoms with Gasteiger partial charge in [-0.05, 0) is 24.6 Å². The van der Waals surface area contributed by atoms with Crippen molar-refractivity contribution in [3.63, 3.8) is 0 Å². The molecule has 1 aromatic heterocycles. The molecule has 0 radical (unpaired) electrons. The Balaban J connectivity index is 1.54. The van der Waals surface area contributed by atoms with E-state index in [0.29, 0.717) is 16.8 Å². The summed E-state index contributed by atoms with van der Waals surface area (Å²) in [6.07, 6.45) is 3.10. The summed E-state index contributed by atoms with van der Waals surface area (Å²) in [5.74, 6) is 2.12. The van der Waals surface area contributed by atoms with Crippen LogP contribution in [0.1, 0.15) is 6.42 Å². The minimum absolute atomic E-state index is 0.214. The zero-order chi connectivity index (χ0) is 16.4. The lowest BCUT2D eigenvalue weighted by Gasteiger charge is -2.36. The van der Waals surface area contributed by atoms with E-state index < -0.39 is 0 Å². The van der Waals surface area contributed by atoms with Crippen LogP contribution in [0.4, 0.5) is 5.82 Å². The third-order valence-corrected chi connectivity index (χ3v) is 4.87. The third-order valence-electron chi connectivity index (χ3n) is 4.63. The van der Waals surface area contributed by atoms with E-state index in [0.717, 1.165) is 50.7 Å². The van der Waals surface area contributed by atoms with E-state index in [1.54, 1.807) is 0 Å². The molecule has 0 spiro atoms. The molecule has 2 aliphatic rings. The molecule has 0 N–H and O–H groups in total. The molecule has 1 aromatic carbocycles. The maximum Gasteiger partial charge on any atom is 0.161 e. The molecule has 2 aliphatic heterocycles. The molecule has 126 valence electrons. The Bertz CT molecular complexity index is 706. The second kappa shape index (κ2) is 7.05. The first-order chi connectivity index (χ1) is 11.8. The van der Waals surface area contributed by atoms with Crippen LogP contribution >= 0.6 is 11.6 Å². The molecular weight excluding hydrogens is 326 g/mol. The van der Waals surface area contributed by atoms with Crippen molar-refractivity contribution in [3.8, 4) is 11.4 Å². The van der Waals surface area contributed by atoms with Gasteiger partial charge in [0.05, 0.1) is 19.3 Å². The third kappa shape index (κ3) is 3.38. The number of morpholine rings is 1. The van der Waals surface area contributed by atoms with E-state index in [1.807, 2.05) is 36.5 Å². The van der Waals surface area contributed by atoms with Crippen LogP contribution < -0.4 is 4.90 Å². The number of nitrogens with zero attached hydrogens (tertiary/aromatic N) is 3. The van der Waals surface area contributed by atoms with Gasteiger partial charge in [0.1, 0.15) is 5.82 Å². The molecule has 2 fully saturated rings. The SMILES string of the molecule is Clc1cccc(-c2nccc(N3CCOC(C4CCOC4)C3)n2)c1. The molecule has 6 heteroatoms. The topological polar surface area (TPSA) is 47.5 Å². The molecule has 2 atom stereocenters. The number of benzene rings is 1. The molecule has 3 heterocycles. The Morgan fingerprint density at radius 2 is 2.17 bits per heavy atom. The fourth-order valence-corrected chi connectivity index (χ4v) is 3.50. The van der Waals surface area contributed by atoms with E-state index in [-0.39, 0.29) is 6.10 Å². The lowest BCUT2D eigenvalue weighted by atomic mass is 10.0. The second-order valence-electron chi connectivity index (χ2n) is 6.23. The summed E-state index contributed by atoms with van der Waals surface area (Å²) in [7, 11) is 0. The molecule has 2 unspecified atom stereocenters. The summed E-state index contributed by atoms with van der Waals surface area (Å²) in [6, 6.07) is 9.59. The Morgan fingerprint density at radius 1 is 1.21 bits per heavy atom. The Hall–Kier alpha value is -1.69. The fourth-order valence-electron chi connectivity index (χ4n) is 3.31. The smallest absolute Gasteiger partial charge is 0.161 e. The number of rotatable bonds is 3. The Labute approximate surface area is 146 Å². The van der Waals surface area contributed by atoms with E-state index in [2.05, 4.69) is 9.88 Å². The largest absolute Gasteiger partial charge is 0.381 e. The number of anilines is 1. The van der Waals surface area contributed by atoms with E-state index in [9.17, 15) is 0 Å². The van der Waals surface area contributed by atoms with Gasteiger partial charge in [-0.3, -0.25) is 0 Å². The van der Waals surface area contributed by atoms with Gasteiger partial charge in [0.25, 0.3) is 0 Å².